The maximum Gasteiger partial charge on any atom is 0.319 e. The Labute approximate surface area is 178 Å². The Bertz CT molecular complexity index is 1220. The number of hydrogen-bond acceptors (Lipinski definition) is 4. The van der Waals surface area contributed by atoms with E-state index < -0.39 is 0 Å². The van der Waals surface area contributed by atoms with Crippen molar-refractivity contribution >= 4 is 34.2 Å². The molecule has 30 heavy (non-hydrogen) atoms. The van der Waals surface area contributed by atoms with Gasteiger partial charge in [0.05, 0.1) is 28.2 Å². The molecule has 0 bridgehead atoms. The molecule has 0 fully saturated rings. The van der Waals surface area contributed by atoms with Crippen molar-refractivity contribution in [1.29, 1.82) is 0 Å². The van der Waals surface area contributed by atoms with Gasteiger partial charge in [0.25, 0.3) is 0 Å². The lowest BCUT2D eigenvalue weighted by atomic mass is 10.1. The molecule has 0 saturated carbocycles. The zero-order valence-corrected chi connectivity index (χ0v) is 17.3. The summed E-state index contributed by atoms with van der Waals surface area (Å²) in [5, 5.41) is 6.62. The van der Waals surface area contributed by atoms with Gasteiger partial charge in [0, 0.05) is 43.0 Å². The van der Waals surface area contributed by atoms with Crippen molar-refractivity contribution in [1.82, 2.24) is 19.9 Å². The highest BCUT2D eigenvalue weighted by Gasteiger charge is 2.10. The van der Waals surface area contributed by atoms with Crippen LogP contribution in [0, 0.1) is 0 Å². The summed E-state index contributed by atoms with van der Waals surface area (Å²) in [6.45, 7) is 2.37. The van der Waals surface area contributed by atoms with Gasteiger partial charge in [-0.15, -0.1) is 0 Å². The number of nitrogens with one attached hydrogen (secondary N) is 2. The number of halogens is 1. The SMILES string of the molecule is CCNC(=O)Nc1ccc(Oc2ccnc3cc(-c4cn(C)cn4)ccc23)cc1Cl. The summed E-state index contributed by atoms with van der Waals surface area (Å²) in [5.74, 6) is 1.22. The Morgan fingerprint density at radius 3 is 2.77 bits per heavy atom. The van der Waals surface area contributed by atoms with Crippen molar-refractivity contribution < 1.29 is 9.53 Å². The third kappa shape index (κ3) is 4.21. The fraction of sp³-hybridized carbons (Fsp3) is 0.136. The van der Waals surface area contributed by atoms with Crippen LogP contribution in [0.15, 0.2) is 61.2 Å². The molecular weight excluding hydrogens is 402 g/mol. The van der Waals surface area contributed by atoms with Gasteiger partial charge in [0.1, 0.15) is 11.5 Å². The molecule has 4 rings (SSSR count). The normalized spacial score (nSPS) is 10.8. The van der Waals surface area contributed by atoms with Gasteiger partial charge < -0.3 is 19.9 Å². The van der Waals surface area contributed by atoms with Crippen LogP contribution in [0.5, 0.6) is 11.5 Å². The van der Waals surface area contributed by atoms with Crippen LogP contribution in [-0.4, -0.2) is 27.1 Å². The quantitative estimate of drug-likeness (QED) is 0.462. The molecule has 2 amide bonds. The third-order valence-corrected chi connectivity index (χ3v) is 4.77. The van der Waals surface area contributed by atoms with Crippen LogP contribution in [0.4, 0.5) is 10.5 Å². The molecular formula is C22H20ClN5O2. The highest BCUT2D eigenvalue weighted by atomic mass is 35.5. The topological polar surface area (TPSA) is 81.1 Å². The largest absolute Gasteiger partial charge is 0.457 e. The fourth-order valence-electron chi connectivity index (χ4n) is 3.05. The van der Waals surface area contributed by atoms with Gasteiger partial charge in [-0.1, -0.05) is 17.7 Å². The minimum atomic E-state index is -0.308. The second-order valence-corrected chi connectivity index (χ2v) is 7.10. The van der Waals surface area contributed by atoms with E-state index in [9.17, 15) is 4.79 Å². The maximum atomic E-state index is 11.7. The second-order valence-electron chi connectivity index (χ2n) is 6.69. The molecule has 2 aromatic heterocycles. The number of hydrogen-bond donors (Lipinski definition) is 2. The number of anilines is 1. The molecule has 8 heteroatoms. The van der Waals surface area contributed by atoms with Crippen LogP contribution >= 0.6 is 11.6 Å². The predicted molar refractivity (Wildman–Crippen MR) is 118 cm³/mol. The summed E-state index contributed by atoms with van der Waals surface area (Å²) in [5.41, 5.74) is 3.18. The minimum absolute atomic E-state index is 0.308. The summed E-state index contributed by atoms with van der Waals surface area (Å²) in [6.07, 6.45) is 5.42. The number of rotatable bonds is 5. The van der Waals surface area contributed by atoms with Crippen molar-refractivity contribution in [2.24, 2.45) is 7.05 Å². The number of carbonyl (C=O) groups excluding carboxylic acids is 1. The number of amides is 2. The molecule has 2 N–H and O–H groups in total. The van der Waals surface area contributed by atoms with Gasteiger partial charge in [0.2, 0.25) is 0 Å². The van der Waals surface area contributed by atoms with Gasteiger partial charge in [0.15, 0.2) is 0 Å². The van der Waals surface area contributed by atoms with E-state index in [0.717, 1.165) is 22.2 Å². The van der Waals surface area contributed by atoms with E-state index in [4.69, 9.17) is 16.3 Å². The molecule has 152 valence electrons. The van der Waals surface area contributed by atoms with E-state index in [0.29, 0.717) is 28.8 Å². The van der Waals surface area contributed by atoms with Crippen LogP contribution in [-0.2, 0) is 7.05 Å². The summed E-state index contributed by atoms with van der Waals surface area (Å²) < 4.78 is 7.96. The first-order valence-electron chi connectivity index (χ1n) is 9.43. The zero-order valence-electron chi connectivity index (χ0n) is 16.5. The summed E-state index contributed by atoms with van der Waals surface area (Å²) in [7, 11) is 1.93. The number of imidazole rings is 1. The third-order valence-electron chi connectivity index (χ3n) is 4.46. The summed E-state index contributed by atoms with van der Waals surface area (Å²) >= 11 is 6.30. The van der Waals surface area contributed by atoms with Gasteiger partial charge in [-0.3, -0.25) is 4.98 Å². The molecule has 7 nitrogen and oxygen atoms in total. The molecule has 2 aromatic carbocycles. The Morgan fingerprint density at radius 1 is 1.17 bits per heavy atom. The molecule has 0 atom stereocenters. The smallest absolute Gasteiger partial charge is 0.319 e. The number of aryl methyl sites for hydroxylation is 1. The highest BCUT2D eigenvalue weighted by molar-refractivity contribution is 6.33. The lowest BCUT2D eigenvalue weighted by molar-refractivity contribution is 0.252. The average Bonchev–Trinajstić information content (AvgIpc) is 3.16. The van der Waals surface area contributed by atoms with E-state index in [1.165, 1.54) is 0 Å². The first-order valence-corrected chi connectivity index (χ1v) is 9.80. The Morgan fingerprint density at radius 2 is 2.03 bits per heavy atom. The maximum absolute atomic E-state index is 11.7. The fourth-order valence-corrected chi connectivity index (χ4v) is 3.26. The number of pyridine rings is 1. The Hall–Kier alpha value is -3.58. The molecule has 0 radical (unpaired) electrons. The molecule has 0 spiro atoms. The molecule has 0 unspecified atom stereocenters. The molecule has 0 aliphatic rings. The van der Waals surface area contributed by atoms with Gasteiger partial charge in [-0.05, 0) is 37.3 Å². The van der Waals surface area contributed by atoms with Crippen LogP contribution in [0.1, 0.15) is 6.92 Å². The number of urea groups is 1. The van der Waals surface area contributed by atoms with E-state index in [2.05, 4.69) is 20.6 Å². The number of nitrogens with zero attached hydrogens (tertiary/aromatic N) is 3. The van der Waals surface area contributed by atoms with Crippen molar-refractivity contribution in [3.05, 3.63) is 66.2 Å². The zero-order chi connectivity index (χ0) is 21.1. The monoisotopic (exact) mass is 421 g/mol. The second kappa shape index (κ2) is 8.42. The first-order chi connectivity index (χ1) is 14.5. The number of carbonyl (C=O) groups is 1. The average molecular weight is 422 g/mol. The molecule has 0 saturated heterocycles. The van der Waals surface area contributed by atoms with Crippen molar-refractivity contribution in [2.45, 2.75) is 6.92 Å². The number of aromatic nitrogens is 3. The van der Waals surface area contributed by atoms with Crippen molar-refractivity contribution in [3.63, 3.8) is 0 Å². The van der Waals surface area contributed by atoms with Gasteiger partial charge >= 0.3 is 6.03 Å². The van der Waals surface area contributed by atoms with Crippen LogP contribution in [0.25, 0.3) is 22.2 Å². The van der Waals surface area contributed by atoms with Crippen LogP contribution in [0.3, 0.4) is 0 Å². The van der Waals surface area contributed by atoms with Crippen LogP contribution in [0.2, 0.25) is 5.02 Å². The summed E-state index contributed by atoms with van der Waals surface area (Å²) in [6, 6.07) is 12.6. The van der Waals surface area contributed by atoms with Crippen molar-refractivity contribution in [2.75, 3.05) is 11.9 Å². The highest BCUT2D eigenvalue weighted by Crippen LogP contribution is 2.34. The van der Waals surface area contributed by atoms with Gasteiger partial charge in [-0.25, -0.2) is 9.78 Å². The Kier molecular flexibility index (Phi) is 5.54. The standard InChI is InChI=1S/C22H20ClN5O2/c1-3-24-22(29)27-18-7-5-15(11-17(18)23)30-21-8-9-25-19-10-14(4-6-16(19)21)20-12-28(2)13-26-20/h4-13H,3H2,1-2H3,(H2,24,27,29). The first kappa shape index (κ1) is 19.7. The minimum Gasteiger partial charge on any atom is -0.457 e. The van der Waals surface area contributed by atoms with Gasteiger partial charge in [-0.2, -0.15) is 0 Å². The van der Waals surface area contributed by atoms with Crippen LogP contribution < -0.4 is 15.4 Å². The number of benzene rings is 2. The lowest BCUT2D eigenvalue weighted by Crippen LogP contribution is -2.28. The van der Waals surface area contributed by atoms with Crippen molar-refractivity contribution in [3.8, 4) is 22.8 Å². The van der Waals surface area contributed by atoms with E-state index in [-0.39, 0.29) is 6.03 Å². The van der Waals surface area contributed by atoms with E-state index in [1.807, 2.05) is 42.9 Å². The van der Waals surface area contributed by atoms with E-state index >= 15 is 0 Å². The number of ether oxygens (including phenoxy) is 1. The molecule has 0 aliphatic heterocycles. The predicted octanol–water partition coefficient (Wildman–Crippen LogP) is 5.22. The Balaban J connectivity index is 1.59. The molecule has 0 aliphatic carbocycles. The molecule has 2 heterocycles. The van der Waals surface area contributed by atoms with E-state index in [1.54, 1.807) is 36.8 Å². The summed E-state index contributed by atoms with van der Waals surface area (Å²) in [4.78, 5) is 20.5. The lowest BCUT2D eigenvalue weighted by Gasteiger charge is -2.12. The molecule has 4 aromatic rings. The number of fused-ring (bicyclic) bond motifs is 1.